The molecule has 0 aliphatic rings. The first kappa shape index (κ1) is 18.0. The van der Waals surface area contributed by atoms with Crippen molar-refractivity contribution in [1.29, 1.82) is 0 Å². The van der Waals surface area contributed by atoms with Gasteiger partial charge in [0.15, 0.2) is 0 Å². The number of hydrogen-bond acceptors (Lipinski definition) is 6. The number of carboxylic acids is 2. The molecule has 0 saturated heterocycles. The van der Waals surface area contributed by atoms with Gasteiger partial charge in [0, 0.05) is 18.2 Å². The van der Waals surface area contributed by atoms with Crippen LogP contribution in [-0.4, -0.2) is 30.4 Å². The maximum atomic E-state index is 11.0. The van der Waals surface area contributed by atoms with Crippen LogP contribution in [0.25, 0.3) is 0 Å². The van der Waals surface area contributed by atoms with E-state index in [1.807, 2.05) is 0 Å². The van der Waals surface area contributed by atoms with E-state index >= 15 is 0 Å². The summed E-state index contributed by atoms with van der Waals surface area (Å²) in [7, 11) is 0. The van der Waals surface area contributed by atoms with Crippen molar-refractivity contribution in [3.63, 3.8) is 0 Å². The summed E-state index contributed by atoms with van der Waals surface area (Å²) < 4.78 is 0. The molecule has 0 aromatic carbocycles. The van der Waals surface area contributed by atoms with Crippen LogP contribution in [-0.2, 0) is 31.5 Å². The predicted octanol–water partition coefficient (Wildman–Crippen LogP) is -3.88. The van der Waals surface area contributed by atoms with Crippen LogP contribution in [0.3, 0.4) is 0 Å². The van der Waals surface area contributed by atoms with E-state index in [1.165, 1.54) is 6.92 Å². The summed E-state index contributed by atoms with van der Waals surface area (Å²) in [6.45, 7) is 4.46. The molecule has 0 heterocycles. The summed E-state index contributed by atoms with van der Waals surface area (Å²) in [6, 6.07) is -1.32. The Kier molecular flexibility index (Phi) is 8.29. The van der Waals surface area contributed by atoms with Crippen LogP contribution in [0.5, 0.6) is 0 Å². The maximum Gasteiger partial charge on any atom is 2.00 e. The molecule has 1 unspecified atom stereocenters. The van der Waals surface area contributed by atoms with E-state index in [0.29, 0.717) is 0 Å². The van der Waals surface area contributed by atoms with Crippen LogP contribution < -0.4 is 21.3 Å². The van der Waals surface area contributed by atoms with Gasteiger partial charge >= 0.3 is 17.1 Å². The van der Waals surface area contributed by atoms with E-state index in [-0.39, 0.29) is 29.2 Å². The van der Waals surface area contributed by atoms with Gasteiger partial charge in [-0.1, -0.05) is 6.58 Å². The topological polar surface area (TPSA) is 135 Å². The minimum absolute atomic E-state index is 0. The molecule has 0 aliphatic heterocycles. The van der Waals surface area contributed by atoms with Crippen molar-refractivity contribution in [3.8, 4) is 0 Å². The van der Waals surface area contributed by atoms with Gasteiger partial charge in [-0.05, 0) is 6.92 Å². The first-order valence-corrected chi connectivity index (χ1v) is 4.38. The van der Waals surface area contributed by atoms with Crippen molar-refractivity contribution in [2.75, 3.05) is 6.54 Å². The maximum absolute atomic E-state index is 11.0. The van der Waals surface area contributed by atoms with Gasteiger partial charge < -0.3 is 30.9 Å². The Bertz CT molecular complexity index is 317. The van der Waals surface area contributed by atoms with Crippen LogP contribution in [0.4, 0.5) is 0 Å². The van der Waals surface area contributed by atoms with Crippen molar-refractivity contribution >= 4 is 17.8 Å². The summed E-state index contributed by atoms with van der Waals surface area (Å²) in [5, 5.41) is 23.1. The van der Waals surface area contributed by atoms with E-state index in [4.69, 9.17) is 5.73 Å². The monoisotopic (exact) mass is 291 g/mol. The normalized spacial score (nSPS) is 11.2. The molecule has 99 valence electrons. The van der Waals surface area contributed by atoms with Crippen molar-refractivity contribution < 1.29 is 41.7 Å². The molecule has 8 heteroatoms. The summed E-state index contributed by atoms with van der Waals surface area (Å²) in [5.41, 5.74) is 5.48. The minimum atomic E-state index is -1.97. The van der Waals surface area contributed by atoms with Crippen molar-refractivity contribution in [1.82, 2.24) is 5.32 Å². The second-order valence-electron chi connectivity index (χ2n) is 3.27. The number of carbonyl (C=O) groups excluding carboxylic acids is 3. The average molecular weight is 292 g/mol. The first-order valence-electron chi connectivity index (χ1n) is 4.38. The summed E-state index contributed by atoms with van der Waals surface area (Å²) in [6.07, 6.45) is 0. The van der Waals surface area contributed by atoms with Crippen molar-refractivity contribution in [2.24, 2.45) is 11.7 Å². The zero-order valence-electron chi connectivity index (χ0n) is 8.99. The Hall–Kier alpha value is -1.37. The second kappa shape index (κ2) is 7.83. The quantitative estimate of drug-likeness (QED) is 0.292. The molecule has 0 spiro atoms. The fraction of sp³-hybridized carbons (Fsp3) is 0.444. The first-order chi connectivity index (χ1) is 7.27. The van der Waals surface area contributed by atoms with E-state index in [0.717, 1.165) is 0 Å². The Morgan fingerprint density at radius 1 is 1.29 bits per heavy atom. The van der Waals surface area contributed by atoms with Crippen molar-refractivity contribution in [3.05, 3.63) is 12.2 Å². The van der Waals surface area contributed by atoms with Crippen molar-refractivity contribution in [2.45, 2.75) is 13.0 Å². The number of carbonyl (C=O) groups is 3. The largest absolute Gasteiger partial charge is 2.00 e. The SMILES string of the molecule is C=C(C)C(=O)NCC(N)C(C(=O)[O-])C(=O)[O-].[Cu+2]. The number of nitrogens with one attached hydrogen (secondary N) is 1. The van der Waals surface area contributed by atoms with Gasteiger partial charge in [0.2, 0.25) is 5.91 Å². The molecule has 0 fully saturated rings. The fourth-order valence-corrected chi connectivity index (χ4v) is 0.925. The molecule has 0 aromatic rings. The number of carboxylic acid groups (broad SMARTS) is 2. The molecule has 1 amide bonds. The fourth-order valence-electron chi connectivity index (χ4n) is 0.925. The summed E-state index contributed by atoms with van der Waals surface area (Å²) in [5.74, 6) is -6.20. The van der Waals surface area contributed by atoms with Crippen LogP contribution >= 0.6 is 0 Å². The molecular weight excluding hydrogens is 280 g/mol. The Morgan fingerprint density at radius 3 is 2.00 bits per heavy atom. The third kappa shape index (κ3) is 6.06. The third-order valence-corrected chi connectivity index (χ3v) is 1.82. The number of rotatable bonds is 6. The summed E-state index contributed by atoms with van der Waals surface area (Å²) in [4.78, 5) is 31.9. The number of nitrogens with two attached hydrogens (primary N) is 1. The van der Waals surface area contributed by atoms with Gasteiger partial charge in [-0.25, -0.2) is 0 Å². The smallest absolute Gasteiger partial charge is 0.549 e. The Balaban J connectivity index is 0. The van der Waals surface area contributed by atoms with Gasteiger partial charge in [0.1, 0.15) is 0 Å². The van der Waals surface area contributed by atoms with Gasteiger partial charge in [-0.3, -0.25) is 4.79 Å². The molecule has 0 aromatic heterocycles. The number of amides is 1. The molecule has 0 bridgehead atoms. The Morgan fingerprint density at radius 2 is 1.71 bits per heavy atom. The average Bonchev–Trinajstić information content (AvgIpc) is 2.12. The van der Waals surface area contributed by atoms with Gasteiger partial charge in [-0.15, -0.1) is 0 Å². The van der Waals surface area contributed by atoms with Crippen LogP contribution in [0.15, 0.2) is 12.2 Å². The minimum Gasteiger partial charge on any atom is -0.549 e. The molecule has 17 heavy (non-hydrogen) atoms. The zero-order valence-corrected chi connectivity index (χ0v) is 9.93. The van der Waals surface area contributed by atoms with Gasteiger partial charge in [-0.2, -0.15) is 0 Å². The van der Waals surface area contributed by atoms with E-state index in [9.17, 15) is 24.6 Å². The standard InChI is InChI=1S/C9H14N2O5.Cu/c1-4(2)7(12)11-3-5(10)6(8(13)14)9(15)16;/h5-6H,1,3,10H2,2H3,(H,11,12)(H,13,14)(H,15,16);/q;+2/p-2. The third-order valence-electron chi connectivity index (χ3n) is 1.82. The van der Waals surface area contributed by atoms with Crippen LogP contribution in [0.1, 0.15) is 6.92 Å². The number of aliphatic carboxylic acids is 2. The van der Waals surface area contributed by atoms with Gasteiger partial charge in [0.25, 0.3) is 0 Å². The van der Waals surface area contributed by atoms with E-state index < -0.39 is 29.8 Å². The molecule has 0 aliphatic carbocycles. The van der Waals surface area contributed by atoms with E-state index in [2.05, 4.69) is 11.9 Å². The van der Waals surface area contributed by atoms with Gasteiger partial charge in [0.05, 0.1) is 17.9 Å². The zero-order chi connectivity index (χ0) is 12.9. The predicted molar refractivity (Wildman–Crippen MR) is 49.3 cm³/mol. The molecule has 1 radical (unpaired) electrons. The molecule has 1 atom stereocenters. The van der Waals surface area contributed by atoms with E-state index in [1.54, 1.807) is 0 Å². The molecule has 0 rings (SSSR count). The van der Waals surface area contributed by atoms with Crippen LogP contribution in [0.2, 0.25) is 0 Å². The molecule has 3 N–H and O–H groups in total. The van der Waals surface area contributed by atoms with Crippen LogP contribution in [0, 0.1) is 5.92 Å². The second-order valence-corrected chi connectivity index (χ2v) is 3.27. The Labute approximate surface area is 109 Å². The number of hydrogen-bond donors (Lipinski definition) is 2. The molecular formula is C9H12CuN2O5. The summed E-state index contributed by atoms with van der Waals surface area (Å²) >= 11 is 0. The molecule has 7 nitrogen and oxygen atoms in total. The molecule has 0 saturated carbocycles.